The standard InChI is InChI=1S/C18H24BrNO4S/c1-12-9-15(25-11-13-5-7-14(19)8-6-13)10-20(12,16(21)22)17(23)24-18(2,3)4/h5-8,12,15H,9-11H2,1-4H3/p+1/t12-,15-,20+/m1/s1. The maximum Gasteiger partial charge on any atom is 0.527 e. The molecule has 2 rings (SSSR count). The smallest absolute Gasteiger partial charge is 0.435 e. The van der Waals surface area contributed by atoms with Crippen LogP contribution in [0.2, 0.25) is 0 Å². The van der Waals surface area contributed by atoms with Crippen molar-refractivity contribution in [2.24, 2.45) is 0 Å². The second kappa shape index (κ2) is 7.68. The molecule has 1 aliphatic rings. The van der Waals surface area contributed by atoms with Gasteiger partial charge in [-0.3, -0.25) is 0 Å². The molecule has 1 saturated heterocycles. The molecular formula is C18H25BrNO4S+. The molecule has 1 N–H and O–H groups in total. The number of quaternary nitrogens is 1. The number of nitrogens with zero attached hydrogens (tertiary/aromatic N) is 1. The van der Waals surface area contributed by atoms with Crippen LogP contribution in [0, 0.1) is 0 Å². The van der Waals surface area contributed by atoms with Gasteiger partial charge in [0.15, 0.2) is 0 Å². The molecule has 1 heterocycles. The summed E-state index contributed by atoms with van der Waals surface area (Å²) in [5.74, 6) is 0.790. The summed E-state index contributed by atoms with van der Waals surface area (Å²) in [5, 5.41) is 9.89. The monoisotopic (exact) mass is 430 g/mol. The summed E-state index contributed by atoms with van der Waals surface area (Å²) in [5.41, 5.74) is 0.471. The van der Waals surface area contributed by atoms with Crippen molar-refractivity contribution in [3.8, 4) is 0 Å². The van der Waals surface area contributed by atoms with Crippen LogP contribution in [-0.2, 0) is 10.5 Å². The lowest BCUT2D eigenvalue weighted by Gasteiger charge is -2.31. The zero-order valence-electron chi connectivity index (χ0n) is 15.0. The molecule has 1 aliphatic heterocycles. The fourth-order valence-electron chi connectivity index (χ4n) is 2.99. The Morgan fingerprint density at radius 3 is 2.44 bits per heavy atom. The SMILES string of the molecule is C[C@@H]1C[C@@H](SCc2ccc(Br)cc2)C[N@+]1(C(=O)O)C(=O)OC(C)(C)C. The van der Waals surface area contributed by atoms with E-state index in [-0.39, 0.29) is 17.8 Å². The number of halogens is 1. The highest BCUT2D eigenvalue weighted by Crippen LogP contribution is 2.37. The third-order valence-electron chi connectivity index (χ3n) is 4.31. The minimum atomic E-state index is -1.13. The van der Waals surface area contributed by atoms with Gasteiger partial charge < -0.3 is 9.84 Å². The third-order valence-corrected chi connectivity index (χ3v) is 6.15. The van der Waals surface area contributed by atoms with Crippen molar-refractivity contribution in [3.63, 3.8) is 0 Å². The van der Waals surface area contributed by atoms with E-state index in [4.69, 9.17) is 4.74 Å². The molecule has 0 saturated carbocycles. The van der Waals surface area contributed by atoms with Crippen molar-refractivity contribution in [1.29, 1.82) is 0 Å². The third kappa shape index (κ3) is 4.77. The first-order valence-corrected chi connectivity index (χ1v) is 10.1. The zero-order chi connectivity index (χ0) is 18.8. The second-order valence-corrected chi connectivity index (χ2v) is 9.66. The van der Waals surface area contributed by atoms with Gasteiger partial charge in [-0.1, -0.05) is 28.1 Å². The molecule has 1 fully saturated rings. The average Bonchev–Trinajstić information content (AvgIpc) is 2.83. The Morgan fingerprint density at radius 2 is 1.92 bits per heavy atom. The summed E-state index contributed by atoms with van der Waals surface area (Å²) in [7, 11) is 0. The van der Waals surface area contributed by atoms with Gasteiger partial charge in [-0.25, -0.2) is 0 Å². The molecule has 7 heteroatoms. The summed E-state index contributed by atoms with van der Waals surface area (Å²) >= 11 is 5.12. The summed E-state index contributed by atoms with van der Waals surface area (Å²) < 4.78 is 5.81. The van der Waals surface area contributed by atoms with Crippen LogP contribution in [0.15, 0.2) is 28.7 Å². The van der Waals surface area contributed by atoms with Gasteiger partial charge in [0.2, 0.25) is 0 Å². The van der Waals surface area contributed by atoms with Gasteiger partial charge in [0.25, 0.3) is 0 Å². The predicted octanol–water partition coefficient (Wildman–Crippen LogP) is 5.27. The highest BCUT2D eigenvalue weighted by molar-refractivity contribution is 9.10. The van der Waals surface area contributed by atoms with Crippen LogP contribution in [0.1, 0.15) is 39.7 Å². The number of likely N-dealkylation sites (tertiary alicyclic amines) is 1. The van der Waals surface area contributed by atoms with Gasteiger partial charge in [-0.15, -0.1) is 16.2 Å². The van der Waals surface area contributed by atoms with Crippen molar-refractivity contribution >= 4 is 39.9 Å². The predicted molar refractivity (Wildman–Crippen MR) is 103 cm³/mol. The molecule has 3 atom stereocenters. The first-order valence-electron chi connectivity index (χ1n) is 8.25. The van der Waals surface area contributed by atoms with E-state index < -0.39 is 22.3 Å². The number of benzene rings is 1. The van der Waals surface area contributed by atoms with Crippen molar-refractivity contribution in [2.75, 3.05) is 6.54 Å². The van der Waals surface area contributed by atoms with E-state index in [9.17, 15) is 14.7 Å². The maximum absolute atomic E-state index is 12.6. The number of hydrogen-bond donors (Lipinski definition) is 1. The number of carboxylic acid groups (broad SMARTS) is 1. The largest absolute Gasteiger partial charge is 0.527 e. The van der Waals surface area contributed by atoms with Crippen LogP contribution < -0.4 is 0 Å². The van der Waals surface area contributed by atoms with Crippen molar-refractivity contribution in [2.45, 2.75) is 56.8 Å². The van der Waals surface area contributed by atoms with E-state index in [1.807, 2.05) is 31.2 Å². The van der Waals surface area contributed by atoms with E-state index in [0.29, 0.717) is 6.42 Å². The molecule has 1 aromatic carbocycles. The van der Waals surface area contributed by atoms with Gasteiger partial charge in [-0.05, 0) is 45.4 Å². The van der Waals surface area contributed by atoms with E-state index >= 15 is 0 Å². The first-order chi connectivity index (χ1) is 11.5. The summed E-state index contributed by atoms with van der Waals surface area (Å²) in [6, 6.07) is 7.76. The first kappa shape index (κ1) is 20.3. The lowest BCUT2D eigenvalue weighted by molar-refractivity contribution is -0.796. The minimum Gasteiger partial charge on any atom is -0.435 e. The van der Waals surface area contributed by atoms with Crippen molar-refractivity contribution < 1.29 is 23.9 Å². The van der Waals surface area contributed by atoms with E-state index in [1.165, 1.54) is 5.56 Å². The lowest BCUT2D eigenvalue weighted by atomic mass is 10.2. The van der Waals surface area contributed by atoms with Gasteiger partial charge in [0.1, 0.15) is 18.2 Å². The Bertz CT molecular complexity index is 643. The van der Waals surface area contributed by atoms with Crippen LogP contribution in [-0.4, -0.2) is 45.2 Å². The van der Waals surface area contributed by atoms with Crippen LogP contribution in [0.25, 0.3) is 0 Å². The minimum absolute atomic E-state index is 0.0993. The van der Waals surface area contributed by atoms with Crippen LogP contribution in [0.5, 0.6) is 0 Å². The fourth-order valence-corrected chi connectivity index (χ4v) is 4.63. The van der Waals surface area contributed by atoms with Gasteiger partial charge in [-0.2, -0.15) is 9.59 Å². The van der Waals surface area contributed by atoms with Crippen LogP contribution in [0.4, 0.5) is 9.59 Å². The highest BCUT2D eigenvalue weighted by atomic mass is 79.9. The number of carbonyl (C=O) groups is 2. The lowest BCUT2D eigenvalue weighted by Crippen LogP contribution is -2.60. The van der Waals surface area contributed by atoms with E-state index in [2.05, 4.69) is 15.9 Å². The maximum atomic E-state index is 12.6. The molecular weight excluding hydrogens is 406 g/mol. The molecule has 138 valence electrons. The Kier molecular flexibility index (Phi) is 6.22. The van der Waals surface area contributed by atoms with Gasteiger partial charge >= 0.3 is 12.2 Å². The molecule has 5 nitrogen and oxygen atoms in total. The Hall–Kier alpha value is -1.05. The number of imide groups is 1. The van der Waals surface area contributed by atoms with Crippen LogP contribution in [0.3, 0.4) is 0 Å². The van der Waals surface area contributed by atoms with Crippen LogP contribution >= 0.6 is 27.7 Å². The number of ether oxygens (including phenoxy) is 1. The molecule has 2 amide bonds. The van der Waals surface area contributed by atoms with Gasteiger partial charge in [0.05, 0.1) is 5.25 Å². The van der Waals surface area contributed by atoms with Crippen molar-refractivity contribution in [1.82, 2.24) is 0 Å². The average molecular weight is 431 g/mol. The molecule has 0 bridgehead atoms. The molecule has 0 spiro atoms. The summed E-state index contributed by atoms with van der Waals surface area (Å²) in [6.45, 7) is 7.34. The summed E-state index contributed by atoms with van der Waals surface area (Å²) in [6.07, 6.45) is -1.13. The molecule has 1 aromatic rings. The zero-order valence-corrected chi connectivity index (χ0v) is 17.4. The second-order valence-electron chi connectivity index (χ2n) is 7.46. The fraction of sp³-hybridized carbons (Fsp3) is 0.556. The Balaban J connectivity index is 2.09. The van der Waals surface area contributed by atoms with E-state index in [1.54, 1.807) is 32.5 Å². The summed E-state index contributed by atoms with van der Waals surface area (Å²) in [4.78, 5) is 24.6. The highest BCUT2D eigenvalue weighted by Gasteiger charge is 2.59. The Labute approximate surface area is 161 Å². The van der Waals surface area contributed by atoms with Gasteiger partial charge in [0, 0.05) is 16.6 Å². The Morgan fingerprint density at radius 1 is 1.32 bits per heavy atom. The number of amides is 2. The quantitative estimate of drug-likeness (QED) is 0.661. The molecule has 0 unspecified atom stereocenters. The number of thioether (sulfide) groups is 1. The number of hydrogen-bond acceptors (Lipinski definition) is 4. The number of rotatable bonds is 3. The molecule has 0 radical (unpaired) electrons. The molecule has 0 aromatic heterocycles. The topological polar surface area (TPSA) is 63.6 Å². The normalized spacial score (nSPS) is 26.4. The molecule has 0 aliphatic carbocycles. The van der Waals surface area contributed by atoms with E-state index in [0.717, 1.165) is 10.2 Å². The van der Waals surface area contributed by atoms with Crippen molar-refractivity contribution in [3.05, 3.63) is 34.3 Å². The molecule has 25 heavy (non-hydrogen) atoms. The number of carbonyl (C=O) groups excluding carboxylic acids is 1.